The number of alkyl halides is 3. The Kier molecular flexibility index (Phi) is 8.47. The minimum absolute atomic E-state index is 0.0176. The Morgan fingerprint density at radius 3 is 2.63 bits per heavy atom. The zero-order chi connectivity index (χ0) is 30.7. The van der Waals surface area contributed by atoms with E-state index in [4.69, 9.17) is 15.6 Å². The van der Waals surface area contributed by atoms with E-state index in [1.54, 1.807) is 11.8 Å². The van der Waals surface area contributed by atoms with Crippen molar-refractivity contribution >= 4 is 28.5 Å². The van der Waals surface area contributed by atoms with Crippen molar-refractivity contribution in [2.45, 2.75) is 44.8 Å². The van der Waals surface area contributed by atoms with E-state index < -0.39 is 17.5 Å². The van der Waals surface area contributed by atoms with Gasteiger partial charge in [0.2, 0.25) is 5.91 Å². The summed E-state index contributed by atoms with van der Waals surface area (Å²) in [6, 6.07) is 10.7. The van der Waals surface area contributed by atoms with Gasteiger partial charge in [-0.05, 0) is 56.0 Å². The summed E-state index contributed by atoms with van der Waals surface area (Å²) in [5.41, 5.74) is 8.04. The number of hydrogen-bond acceptors (Lipinski definition) is 7. The molecule has 2 aromatic heterocycles. The molecule has 224 valence electrons. The number of hydrogen-bond donors (Lipinski definition) is 1. The molecular weight excluding hydrogens is 561 g/mol. The van der Waals surface area contributed by atoms with Crippen molar-refractivity contribution in [3.63, 3.8) is 0 Å². The van der Waals surface area contributed by atoms with E-state index in [9.17, 15) is 22.8 Å². The molecule has 9 nitrogen and oxygen atoms in total. The van der Waals surface area contributed by atoms with Gasteiger partial charge in [-0.2, -0.15) is 18.3 Å². The summed E-state index contributed by atoms with van der Waals surface area (Å²) in [7, 11) is 0. The molecule has 0 saturated carbocycles. The van der Waals surface area contributed by atoms with Crippen LogP contribution in [0.1, 0.15) is 53.7 Å². The number of likely N-dealkylation sites (tertiary alicyclic amines) is 1. The topological polar surface area (TPSA) is 116 Å². The first-order chi connectivity index (χ1) is 20.6. The fraction of sp³-hybridized carbons (Fsp3) is 0.323. The van der Waals surface area contributed by atoms with Crippen LogP contribution in [0.2, 0.25) is 0 Å². The molecule has 5 rings (SSSR count). The predicted octanol–water partition coefficient (Wildman–Crippen LogP) is 5.66. The lowest BCUT2D eigenvalue weighted by molar-refractivity contribution is -0.139. The van der Waals surface area contributed by atoms with E-state index >= 15 is 0 Å². The number of fused-ring (bicyclic) bond motifs is 1. The summed E-state index contributed by atoms with van der Waals surface area (Å²) in [6.45, 7) is 6.39. The Morgan fingerprint density at radius 2 is 1.93 bits per heavy atom. The summed E-state index contributed by atoms with van der Waals surface area (Å²) < 4.78 is 47.4. The van der Waals surface area contributed by atoms with Gasteiger partial charge < -0.3 is 15.4 Å². The summed E-state index contributed by atoms with van der Waals surface area (Å²) in [5, 5.41) is 5.47. The third-order valence-electron chi connectivity index (χ3n) is 7.52. The number of carbonyl (C=O) groups is 2. The molecule has 1 saturated heterocycles. The highest BCUT2D eigenvalue weighted by molar-refractivity contribution is 5.98. The summed E-state index contributed by atoms with van der Waals surface area (Å²) in [4.78, 5) is 35.4. The third-order valence-corrected chi connectivity index (χ3v) is 7.52. The molecular formula is C31H31F3N6O3. The molecule has 1 aliphatic heterocycles. The number of halogens is 3. The lowest BCUT2D eigenvalue weighted by atomic mass is 9.99. The van der Waals surface area contributed by atoms with Gasteiger partial charge in [0, 0.05) is 30.6 Å². The van der Waals surface area contributed by atoms with Crippen LogP contribution in [0.25, 0.3) is 22.3 Å². The number of nitrogens with zero attached hydrogens (tertiary/aromatic N) is 5. The minimum atomic E-state index is -4.64. The molecule has 12 heteroatoms. The number of ether oxygens (including phenoxy) is 1. The van der Waals surface area contributed by atoms with Crippen LogP contribution in [0.15, 0.2) is 61.4 Å². The molecule has 1 aliphatic rings. The Bertz CT molecular complexity index is 1670. The van der Waals surface area contributed by atoms with Crippen molar-refractivity contribution in [2.24, 2.45) is 0 Å². The second kappa shape index (κ2) is 12.2. The monoisotopic (exact) mass is 592 g/mol. The number of piperidine rings is 1. The van der Waals surface area contributed by atoms with Crippen LogP contribution >= 0.6 is 0 Å². The number of Topliss-reactive ketones (excluding diaryl/α,β-unsaturated/α-hetero) is 1. The molecule has 2 aromatic carbocycles. The maximum absolute atomic E-state index is 13.5. The highest BCUT2D eigenvalue weighted by Crippen LogP contribution is 2.37. The predicted molar refractivity (Wildman–Crippen MR) is 155 cm³/mol. The van der Waals surface area contributed by atoms with Gasteiger partial charge >= 0.3 is 6.18 Å². The summed E-state index contributed by atoms with van der Waals surface area (Å²) in [5.74, 6) is -0.546. The quantitative estimate of drug-likeness (QED) is 0.197. The standard InChI is InChI=1S/C31H31F3N6O3/c1-3-26(42)39-15-5-6-22(17-39)40-30-27(29(35)36-18-37-30)28(38-40)20-10-7-19(8-11-20)9-13-24(41)21-12-14-25(43-4-2)23(16-21)31(32,33)34/h3,7-8,10-12,14,16,18,22H,1,4-6,9,13,15,17H2,2H3,(H2,35,36,37)/t22-/m1/s1. The molecule has 0 spiro atoms. The zero-order valence-corrected chi connectivity index (χ0v) is 23.6. The second-order valence-electron chi connectivity index (χ2n) is 10.3. The SMILES string of the molecule is C=CC(=O)N1CCC[C@@H](n2nc(-c3ccc(CCC(=O)c4ccc(OCC)c(C(F)(F)F)c4)cc3)c3c(N)ncnc32)C1. The van der Waals surface area contributed by atoms with E-state index in [-0.39, 0.29) is 42.1 Å². The number of nitrogens with two attached hydrogens (primary N) is 1. The molecule has 1 fully saturated rings. The minimum Gasteiger partial charge on any atom is -0.493 e. The van der Waals surface area contributed by atoms with Crippen molar-refractivity contribution in [1.82, 2.24) is 24.6 Å². The average molecular weight is 593 g/mol. The zero-order valence-electron chi connectivity index (χ0n) is 23.6. The van der Waals surface area contributed by atoms with Crippen LogP contribution in [-0.2, 0) is 17.4 Å². The average Bonchev–Trinajstić information content (AvgIpc) is 3.40. The highest BCUT2D eigenvalue weighted by atomic mass is 19.4. The number of carbonyl (C=O) groups excluding carboxylic acids is 2. The second-order valence-corrected chi connectivity index (χ2v) is 10.3. The van der Waals surface area contributed by atoms with E-state index in [2.05, 4.69) is 16.5 Å². The summed E-state index contributed by atoms with van der Waals surface area (Å²) in [6.07, 6.45) is 0.0466. The van der Waals surface area contributed by atoms with Gasteiger partial charge in [-0.15, -0.1) is 0 Å². The Hall–Kier alpha value is -4.74. The van der Waals surface area contributed by atoms with E-state index in [0.717, 1.165) is 30.0 Å². The van der Waals surface area contributed by atoms with Crippen LogP contribution in [0.3, 0.4) is 0 Å². The van der Waals surface area contributed by atoms with Crippen molar-refractivity contribution in [1.29, 1.82) is 0 Å². The van der Waals surface area contributed by atoms with Crippen LogP contribution in [0.5, 0.6) is 5.75 Å². The van der Waals surface area contributed by atoms with Gasteiger partial charge in [-0.1, -0.05) is 30.8 Å². The molecule has 1 amide bonds. The molecule has 4 aromatic rings. The van der Waals surface area contributed by atoms with Crippen molar-refractivity contribution in [2.75, 3.05) is 25.4 Å². The van der Waals surface area contributed by atoms with E-state index in [0.29, 0.717) is 36.2 Å². The number of aromatic nitrogens is 4. The lowest BCUT2D eigenvalue weighted by Gasteiger charge is -2.32. The van der Waals surface area contributed by atoms with Gasteiger partial charge in [-0.25, -0.2) is 14.6 Å². The first kappa shape index (κ1) is 29.7. The maximum atomic E-state index is 13.5. The fourth-order valence-corrected chi connectivity index (χ4v) is 5.37. The van der Waals surface area contributed by atoms with Crippen LogP contribution in [0, 0.1) is 0 Å². The lowest BCUT2D eigenvalue weighted by Crippen LogP contribution is -2.40. The number of ketones is 1. The van der Waals surface area contributed by atoms with Gasteiger partial charge in [0.15, 0.2) is 11.4 Å². The number of anilines is 1. The molecule has 3 heterocycles. The van der Waals surface area contributed by atoms with E-state index in [1.165, 1.54) is 24.5 Å². The highest BCUT2D eigenvalue weighted by Gasteiger charge is 2.35. The number of aryl methyl sites for hydroxylation is 1. The number of rotatable bonds is 9. The van der Waals surface area contributed by atoms with Crippen molar-refractivity contribution < 1.29 is 27.5 Å². The summed E-state index contributed by atoms with van der Waals surface area (Å²) >= 11 is 0. The van der Waals surface area contributed by atoms with Gasteiger partial charge in [-0.3, -0.25) is 9.59 Å². The van der Waals surface area contributed by atoms with Crippen LogP contribution in [-0.4, -0.2) is 56.0 Å². The molecule has 43 heavy (non-hydrogen) atoms. The van der Waals surface area contributed by atoms with Gasteiger partial charge in [0.25, 0.3) is 0 Å². The van der Waals surface area contributed by atoms with Crippen LogP contribution < -0.4 is 10.5 Å². The fourth-order valence-electron chi connectivity index (χ4n) is 5.37. The smallest absolute Gasteiger partial charge is 0.419 e. The largest absolute Gasteiger partial charge is 0.493 e. The van der Waals surface area contributed by atoms with Gasteiger partial charge in [0.1, 0.15) is 23.6 Å². The Balaban J connectivity index is 1.35. The molecule has 0 radical (unpaired) electrons. The van der Waals surface area contributed by atoms with Crippen molar-refractivity contribution in [3.8, 4) is 17.0 Å². The molecule has 0 aliphatic carbocycles. The maximum Gasteiger partial charge on any atom is 0.419 e. The van der Waals surface area contributed by atoms with E-state index in [1.807, 2.05) is 28.9 Å². The number of benzene rings is 2. The third kappa shape index (κ3) is 6.23. The number of nitrogen functional groups attached to an aromatic ring is 1. The van der Waals surface area contributed by atoms with Crippen molar-refractivity contribution in [3.05, 3.63) is 78.1 Å². The normalized spacial score (nSPS) is 15.4. The molecule has 0 bridgehead atoms. The number of amides is 1. The molecule has 0 unspecified atom stereocenters. The first-order valence-corrected chi connectivity index (χ1v) is 14.0. The molecule has 2 N–H and O–H groups in total. The first-order valence-electron chi connectivity index (χ1n) is 14.0. The van der Waals surface area contributed by atoms with Gasteiger partial charge in [0.05, 0.1) is 23.6 Å². The Morgan fingerprint density at radius 1 is 1.16 bits per heavy atom. The van der Waals surface area contributed by atoms with Crippen LogP contribution in [0.4, 0.5) is 19.0 Å². The Labute approximate surface area is 246 Å². The molecule has 1 atom stereocenters.